The molecule has 0 saturated carbocycles. The fourth-order valence-electron chi connectivity index (χ4n) is 5.95. The first-order valence-corrected chi connectivity index (χ1v) is 16.8. The third-order valence-electron chi connectivity index (χ3n) is 8.34. The molecule has 1 aliphatic carbocycles. The topological polar surface area (TPSA) is 0 Å². The average Bonchev–Trinajstić information content (AvgIpc) is 3.10. The van der Waals surface area contributed by atoms with Gasteiger partial charge in [-0.1, -0.05) is 165 Å². The van der Waals surface area contributed by atoms with Crippen molar-refractivity contribution in [3.05, 3.63) is 64.8 Å². The molecule has 2 rings (SSSR count). The molecule has 0 aliphatic heterocycles. The van der Waals surface area contributed by atoms with Crippen LogP contribution in [-0.4, -0.2) is 0 Å². The van der Waals surface area contributed by atoms with Crippen LogP contribution in [0.2, 0.25) is 0 Å². The van der Waals surface area contributed by atoms with Crippen LogP contribution in [0.4, 0.5) is 0 Å². The van der Waals surface area contributed by atoms with Gasteiger partial charge in [0, 0.05) is 5.41 Å². The highest BCUT2D eigenvalue weighted by molar-refractivity contribution is 5.79. The Morgan fingerprint density at radius 3 is 1.59 bits per heavy atom. The van der Waals surface area contributed by atoms with Crippen LogP contribution >= 0.6 is 0 Å². The average molecular weight is 537 g/mol. The Morgan fingerprint density at radius 2 is 1.21 bits per heavy atom. The second-order valence-corrected chi connectivity index (χ2v) is 12.2. The van der Waals surface area contributed by atoms with Crippen molar-refractivity contribution in [2.45, 2.75) is 171 Å². The van der Waals surface area contributed by atoms with E-state index in [-0.39, 0.29) is 0 Å². The van der Waals surface area contributed by atoms with Gasteiger partial charge in [-0.3, -0.25) is 0 Å². The highest BCUT2D eigenvalue weighted by Crippen LogP contribution is 2.52. The van der Waals surface area contributed by atoms with Crippen LogP contribution in [0.5, 0.6) is 0 Å². The second-order valence-electron chi connectivity index (χ2n) is 12.2. The number of rotatable bonds is 16. The first-order chi connectivity index (χ1) is 18.7. The van der Waals surface area contributed by atoms with E-state index in [1.807, 2.05) is 13.8 Å². The molecule has 0 heterocycles. The van der Waals surface area contributed by atoms with E-state index in [1.165, 1.54) is 95.5 Å². The van der Waals surface area contributed by atoms with Crippen LogP contribution < -0.4 is 0 Å². The summed E-state index contributed by atoms with van der Waals surface area (Å²) in [5, 5.41) is 0. The molecule has 0 saturated heterocycles. The van der Waals surface area contributed by atoms with Crippen LogP contribution in [0, 0.1) is 12.8 Å². The van der Waals surface area contributed by atoms with Gasteiger partial charge in [-0.15, -0.1) is 0 Å². The molecule has 0 radical (unpaired) electrons. The normalized spacial score (nSPS) is 14.0. The summed E-state index contributed by atoms with van der Waals surface area (Å²) >= 11 is 0. The zero-order chi connectivity index (χ0) is 29.5. The van der Waals surface area contributed by atoms with Gasteiger partial charge in [0.1, 0.15) is 0 Å². The fraction of sp³-hybridized carbons (Fsp3) is 0.692. The molecule has 0 amide bonds. The van der Waals surface area contributed by atoms with Crippen molar-refractivity contribution in [3.8, 4) is 0 Å². The number of benzene rings is 1. The quantitative estimate of drug-likeness (QED) is 0.145. The van der Waals surface area contributed by atoms with Gasteiger partial charge in [-0.25, -0.2) is 0 Å². The molecular formula is C39H68. The van der Waals surface area contributed by atoms with Gasteiger partial charge < -0.3 is 0 Å². The van der Waals surface area contributed by atoms with Gasteiger partial charge in [0.2, 0.25) is 0 Å². The number of hydrogen-bond acceptors (Lipinski definition) is 0. The van der Waals surface area contributed by atoms with Crippen molar-refractivity contribution >= 4 is 5.57 Å². The van der Waals surface area contributed by atoms with Gasteiger partial charge in [0.15, 0.2) is 0 Å². The van der Waals surface area contributed by atoms with Gasteiger partial charge in [0.25, 0.3) is 0 Å². The smallest absolute Gasteiger partial charge is 0.0171 e. The molecule has 39 heavy (non-hydrogen) atoms. The fourth-order valence-corrected chi connectivity index (χ4v) is 5.95. The molecule has 1 aromatic carbocycles. The third-order valence-corrected chi connectivity index (χ3v) is 8.34. The zero-order valence-corrected chi connectivity index (χ0v) is 28.2. The molecule has 224 valence electrons. The van der Waals surface area contributed by atoms with Crippen LogP contribution in [-0.2, 0) is 5.41 Å². The molecule has 0 fully saturated rings. The van der Waals surface area contributed by atoms with Crippen LogP contribution in [0.3, 0.4) is 0 Å². The Balaban J connectivity index is 0.00000110. The molecule has 0 heteroatoms. The van der Waals surface area contributed by atoms with E-state index in [1.54, 1.807) is 22.3 Å². The molecule has 0 bridgehead atoms. The van der Waals surface area contributed by atoms with E-state index < -0.39 is 0 Å². The molecule has 0 unspecified atom stereocenters. The number of aryl methyl sites for hydroxylation is 1. The van der Waals surface area contributed by atoms with Crippen molar-refractivity contribution in [1.29, 1.82) is 0 Å². The predicted octanol–water partition coefficient (Wildman–Crippen LogP) is 13.7. The number of allylic oxidation sites excluding steroid dienone is 6. The maximum Gasteiger partial charge on any atom is 0.0171 e. The molecule has 1 aromatic rings. The van der Waals surface area contributed by atoms with Crippen LogP contribution in [0.1, 0.15) is 175 Å². The Morgan fingerprint density at radius 1 is 0.692 bits per heavy atom. The van der Waals surface area contributed by atoms with Gasteiger partial charge in [-0.2, -0.15) is 0 Å². The minimum Gasteiger partial charge on any atom is -0.0917 e. The SMILES string of the molecule is C/C=C/C(C)C.C/C=C\CC.CCCCCCCCC1(CCCCCCCC)C(C)=C(C)c2ccc(C)cc21. The Kier molecular flexibility index (Phi) is 22.2. The summed E-state index contributed by atoms with van der Waals surface area (Å²) in [4.78, 5) is 0. The van der Waals surface area contributed by atoms with Crippen molar-refractivity contribution < 1.29 is 0 Å². The summed E-state index contributed by atoms with van der Waals surface area (Å²) in [5.74, 6) is 0.718. The standard InChI is InChI=1S/C28H46.C6H12.C5H10/c1-6-8-10-12-14-16-20-28(21-17-15-13-11-9-7-2)25(5)24(4)26-19-18-23(3)22-27(26)28;1-4-5-6(2)3;1-3-5-4-2/h18-19,22H,6-17,20-21H2,1-5H3;4-6H,1-3H3;3,5H,4H2,1-2H3/b;5-4+;5-3-. The van der Waals surface area contributed by atoms with Gasteiger partial charge in [0.05, 0.1) is 0 Å². The number of hydrogen-bond donors (Lipinski definition) is 0. The molecule has 0 aromatic heterocycles. The lowest BCUT2D eigenvalue weighted by Gasteiger charge is -2.34. The summed E-state index contributed by atoms with van der Waals surface area (Å²) < 4.78 is 0. The van der Waals surface area contributed by atoms with Crippen molar-refractivity contribution in [2.24, 2.45) is 5.92 Å². The summed E-state index contributed by atoms with van der Waals surface area (Å²) in [6.07, 6.45) is 29.1. The minimum absolute atomic E-state index is 0.320. The Bertz CT molecular complexity index is 800. The summed E-state index contributed by atoms with van der Waals surface area (Å²) in [5.41, 5.74) is 8.18. The first kappa shape index (κ1) is 37.4. The largest absolute Gasteiger partial charge is 0.0917 e. The van der Waals surface area contributed by atoms with E-state index in [4.69, 9.17) is 0 Å². The number of unbranched alkanes of at least 4 members (excludes halogenated alkanes) is 10. The van der Waals surface area contributed by atoms with E-state index in [2.05, 4.69) is 97.9 Å². The lowest BCUT2D eigenvalue weighted by atomic mass is 9.70. The van der Waals surface area contributed by atoms with Crippen molar-refractivity contribution in [3.63, 3.8) is 0 Å². The van der Waals surface area contributed by atoms with Crippen LogP contribution in [0.25, 0.3) is 5.57 Å². The zero-order valence-electron chi connectivity index (χ0n) is 28.2. The molecule has 0 atom stereocenters. The van der Waals surface area contributed by atoms with Crippen molar-refractivity contribution in [1.82, 2.24) is 0 Å². The Hall–Kier alpha value is -1.56. The molecular weight excluding hydrogens is 468 g/mol. The summed E-state index contributed by atoms with van der Waals surface area (Å²) in [7, 11) is 0. The van der Waals surface area contributed by atoms with E-state index in [0.717, 1.165) is 12.3 Å². The molecule has 1 aliphatic rings. The van der Waals surface area contributed by atoms with Crippen molar-refractivity contribution in [2.75, 3.05) is 0 Å². The highest BCUT2D eigenvalue weighted by Gasteiger charge is 2.40. The van der Waals surface area contributed by atoms with E-state index in [9.17, 15) is 0 Å². The third kappa shape index (κ3) is 14.6. The first-order valence-electron chi connectivity index (χ1n) is 16.8. The maximum atomic E-state index is 2.52. The lowest BCUT2D eigenvalue weighted by molar-refractivity contribution is 0.389. The van der Waals surface area contributed by atoms with Gasteiger partial charge >= 0.3 is 0 Å². The van der Waals surface area contributed by atoms with E-state index >= 15 is 0 Å². The minimum atomic E-state index is 0.320. The second kappa shape index (κ2) is 23.2. The van der Waals surface area contributed by atoms with Gasteiger partial charge in [-0.05, 0) is 76.5 Å². The summed E-state index contributed by atoms with van der Waals surface area (Å²) in [6, 6.07) is 7.22. The Labute approximate surface area is 246 Å². The molecule has 0 N–H and O–H groups in total. The molecule has 0 nitrogen and oxygen atoms in total. The maximum absolute atomic E-state index is 2.52. The lowest BCUT2D eigenvalue weighted by Crippen LogP contribution is -2.26. The van der Waals surface area contributed by atoms with Crippen LogP contribution in [0.15, 0.2) is 48.1 Å². The number of fused-ring (bicyclic) bond motifs is 1. The predicted molar refractivity (Wildman–Crippen MR) is 182 cm³/mol. The molecule has 0 spiro atoms. The van der Waals surface area contributed by atoms with E-state index in [0.29, 0.717) is 5.41 Å². The monoisotopic (exact) mass is 537 g/mol. The summed E-state index contributed by atoms with van der Waals surface area (Å²) in [6.45, 7) is 22.2. The highest BCUT2D eigenvalue weighted by atomic mass is 14.4.